The Morgan fingerprint density at radius 2 is 1.74 bits per heavy atom. The molecule has 5 rings (SSSR count). The lowest BCUT2D eigenvalue weighted by Crippen LogP contribution is -2.27. The molecule has 0 unspecified atom stereocenters. The molecule has 4 aromatic rings. The second-order valence-corrected chi connectivity index (χ2v) is 9.95. The highest BCUT2D eigenvalue weighted by Gasteiger charge is 2.32. The second kappa shape index (κ2) is 10.1. The van der Waals surface area contributed by atoms with Gasteiger partial charge in [0.25, 0.3) is 5.91 Å². The number of hydrogen-bond acceptors (Lipinski definition) is 5. The van der Waals surface area contributed by atoms with E-state index < -0.39 is 0 Å². The lowest BCUT2D eigenvalue weighted by atomic mass is 10.1. The number of ether oxygens (including phenoxy) is 1. The number of aromatic nitrogens is 2. The molecule has 1 amide bonds. The normalized spacial score (nSPS) is 14.7. The van der Waals surface area contributed by atoms with Gasteiger partial charge in [-0.2, -0.15) is 5.10 Å². The lowest BCUT2D eigenvalue weighted by molar-refractivity contribution is -0.122. The predicted octanol–water partition coefficient (Wildman–Crippen LogP) is 6.60. The van der Waals surface area contributed by atoms with E-state index in [0.717, 1.165) is 33.8 Å². The van der Waals surface area contributed by atoms with E-state index in [2.05, 4.69) is 0 Å². The first-order chi connectivity index (χ1) is 17.0. The van der Waals surface area contributed by atoms with Crippen molar-refractivity contribution in [2.24, 2.45) is 0 Å². The van der Waals surface area contributed by atoms with Crippen LogP contribution in [-0.2, 0) is 11.3 Å². The van der Waals surface area contributed by atoms with Gasteiger partial charge in [-0.05, 0) is 48.0 Å². The van der Waals surface area contributed by atoms with Gasteiger partial charge in [0.05, 0.1) is 29.9 Å². The van der Waals surface area contributed by atoms with Crippen molar-refractivity contribution in [2.75, 3.05) is 7.11 Å². The number of rotatable bonds is 6. The third-order valence-corrected chi connectivity index (χ3v) is 7.17. The molecule has 1 fully saturated rings. The van der Waals surface area contributed by atoms with Crippen molar-refractivity contribution in [3.63, 3.8) is 0 Å². The number of benzene rings is 3. The van der Waals surface area contributed by atoms with Crippen molar-refractivity contribution in [3.8, 4) is 22.7 Å². The van der Waals surface area contributed by atoms with Crippen LogP contribution in [0.15, 0.2) is 90.0 Å². The quantitative estimate of drug-likeness (QED) is 0.213. The fourth-order valence-corrected chi connectivity index (χ4v) is 5.10. The Morgan fingerprint density at radius 3 is 2.43 bits per heavy atom. The Morgan fingerprint density at radius 1 is 1.03 bits per heavy atom. The van der Waals surface area contributed by atoms with Gasteiger partial charge in [0.2, 0.25) is 0 Å². The number of carbonyl (C=O) groups excluding carboxylic acids is 1. The molecule has 1 aromatic heterocycles. The van der Waals surface area contributed by atoms with Crippen LogP contribution in [0.5, 0.6) is 5.75 Å². The molecule has 0 spiro atoms. The van der Waals surface area contributed by atoms with Crippen LogP contribution in [0.1, 0.15) is 11.1 Å². The minimum Gasteiger partial charge on any atom is -0.497 e. The Labute approximate surface area is 218 Å². The zero-order chi connectivity index (χ0) is 24.4. The maximum absolute atomic E-state index is 13.3. The van der Waals surface area contributed by atoms with Crippen molar-refractivity contribution >= 4 is 51.9 Å². The van der Waals surface area contributed by atoms with Crippen LogP contribution >= 0.6 is 35.6 Å². The minimum atomic E-state index is -0.120. The zero-order valence-corrected chi connectivity index (χ0v) is 21.1. The monoisotopic (exact) mass is 517 g/mol. The molecular formula is C27H20ClN3O2S2. The highest BCUT2D eigenvalue weighted by atomic mass is 35.5. The first-order valence-corrected chi connectivity index (χ1v) is 12.4. The lowest BCUT2D eigenvalue weighted by Gasteiger charge is -2.14. The van der Waals surface area contributed by atoms with Crippen LogP contribution in [-0.4, -0.2) is 32.0 Å². The zero-order valence-electron chi connectivity index (χ0n) is 18.7. The van der Waals surface area contributed by atoms with Crippen molar-refractivity contribution < 1.29 is 9.53 Å². The van der Waals surface area contributed by atoms with E-state index in [9.17, 15) is 4.79 Å². The van der Waals surface area contributed by atoms with E-state index in [-0.39, 0.29) is 5.91 Å². The van der Waals surface area contributed by atoms with Crippen LogP contribution in [0.4, 0.5) is 0 Å². The minimum absolute atomic E-state index is 0.120. The first-order valence-electron chi connectivity index (χ1n) is 10.8. The van der Waals surface area contributed by atoms with E-state index in [0.29, 0.717) is 20.8 Å². The Kier molecular flexibility index (Phi) is 6.72. The molecule has 3 aromatic carbocycles. The average Bonchev–Trinajstić information content (AvgIpc) is 3.42. The summed E-state index contributed by atoms with van der Waals surface area (Å²) >= 11 is 12.9. The van der Waals surface area contributed by atoms with Crippen molar-refractivity contribution in [1.82, 2.24) is 14.7 Å². The summed E-state index contributed by atoms with van der Waals surface area (Å²) in [5.74, 6) is 0.648. The van der Waals surface area contributed by atoms with Gasteiger partial charge in [-0.1, -0.05) is 78.0 Å². The summed E-state index contributed by atoms with van der Waals surface area (Å²) in [6, 6.07) is 25.0. The standard InChI is InChI=1S/C27H20ClN3O2S2/c1-33-23-13-7-18(8-14-23)16-30-26(32)24(35-27(30)34)15-20-17-31(22-5-3-2-4-6-22)29-25(20)19-9-11-21(28)12-10-19/h2-15,17H,16H2,1H3/b24-15-. The van der Waals surface area contributed by atoms with Gasteiger partial charge < -0.3 is 4.74 Å². The van der Waals surface area contributed by atoms with Crippen LogP contribution in [0.3, 0.4) is 0 Å². The van der Waals surface area contributed by atoms with Gasteiger partial charge in [0.1, 0.15) is 10.1 Å². The Balaban J connectivity index is 1.49. The smallest absolute Gasteiger partial charge is 0.266 e. The second-order valence-electron chi connectivity index (χ2n) is 7.84. The Bertz CT molecular complexity index is 1420. The van der Waals surface area contributed by atoms with Gasteiger partial charge in [-0.3, -0.25) is 9.69 Å². The number of hydrogen-bond donors (Lipinski definition) is 0. The number of nitrogens with zero attached hydrogens (tertiary/aromatic N) is 3. The predicted molar refractivity (Wildman–Crippen MR) is 146 cm³/mol. The highest BCUT2D eigenvalue weighted by Crippen LogP contribution is 2.36. The van der Waals surface area contributed by atoms with Crippen LogP contribution in [0, 0.1) is 0 Å². The van der Waals surface area contributed by atoms with Crippen LogP contribution < -0.4 is 4.74 Å². The fraction of sp³-hybridized carbons (Fsp3) is 0.0741. The summed E-state index contributed by atoms with van der Waals surface area (Å²) in [4.78, 5) is 15.5. The topological polar surface area (TPSA) is 47.4 Å². The number of halogens is 1. The van der Waals surface area contributed by atoms with E-state index >= 15 is 0 Å². The molecule has 0 saturated carbocycles. The molecule has 0 atom stereocenters. The average molecular weight is 518 g/mol. The molecule has 1 aliphatic heterocycles. The summed E-state index contributed by atoms with van der Waals surface area (Å²) in [7, 11) is 1.63. The van der Waals surface area contributed by atoms with Crippen molar-refractivity contribution in [1.29, 1.82) is 0 Å². The summed E-state index contributed by atoms with van der Waals surface area (Å²) in [6.07, 6.45) is 3.79. The van der Waals surface area contributed by atoms with Crippen molar-refractivity contribution in [2.45, 2.75) is 6.54 Å². The van der Waals surface area contributed by atoms with Gasteiger partial charge in [0, 0.05) is 22.3 Å². The molecule has 2 heterocycles. The SMILES string of the molecule is COc1ccc(CN2C(=O)/C(=C/c3cn(-c4ccccc4)nc3-c3ccc(Cl)cc3)SC2=S)cc1. The molecule has 1 saturated heterocycles. The molecule has 0 N–H and O–H groups in total. The largest absolute Gasteiger partial charge is 0.497 e. The number of para-hydroxylation sites is 1. The van der Waals surface area contributed by atoms with E-state index in [1.54, 1.807) is 12.0 Å². The van der Waals surface area contributed by atoms with E-state index in [1.165, 1.54) is 11.8 Å². The molecule has 0 bridgehead atoms. The number of carbonyl (C=O) groups is 1. The molecule has 5 nitrogen and oxygen atoms in total. The van der Waals surface area contributed by atoms with Crippen LogP contribution in [0.2, 0.25) is 5.02 Å². The summed E-state index contributed by atoms with van der Waals surface area (Å²) in [5, 5.41) is 5.47. The molecule has 1 aliphatic rings. The maximum Gasteiger partial charge on any atom is 0.266 e. The number of thiocarbonyl (C=S) groups is 1. The van der Waals surface area contributed by atoms with Gasteiger partial charge in [0.15, 0.2) is 0 Å². The van der Waals surface area contributed by atoms with Gasteiger partial charge in [-0.25, -0.2) is 4.68 Å². The number of amides is 1. The molecule has 174 valence electrons. The maximum atomic E-state index is 13.3. The first kappa shape index (κ1) is 23.4. The van der Waals surface area contributed by atoms with Gasteiger partial charge in [-0.15, -0.1) is 0 Å². The summed E-state index contributed by atoms with van der Waals surface area (Å²) in [5.41, 5.74) is 4.38. The van der Waals surface area contributed by atoms with E-state index in [4.69, 9.17) is 33.7 Å². The third kappa shape index (κ3) is 5.03. The molecule has 0 radical (unpaired) electrons. The van der Waals surface area contributed by atoms with Crippen molar-refractivity contribution in [3.05, 3.63) is 106 Å². The molecular weight excluding hydrogens is 498 g/mol. The number of thioether (sulfide) groups is 1. The highest BCUT2D eigenvalue weighted by molar-refractivity contribution is 8.26. The Hall–Kier alpha value is -3.39. The van der Waals surface area contributed by atoms with E-state index in [1.807, 2.05) is 95.8 Å². The summed E-state index contributed by atoms with van der Waals surface area (Å²) in [6.45, 7) is 0.402. The van der Waals surface area contributed by atoms with Crippen LogP contribution in [0.25, 0.3) is 23.0 Å². The molecule has 8 heteroatoms. The number of methoxy groups -OCH3 is 1. The van der Waals surface area contributed by atoms with Gasteiger partial charge >= 0.3 is 0 Å². The molecule has 0 aliphatic carbocycles. The molecule has 35 heavy (non-hydrogen) atoms. The fourth-order valence-electron chi connectivity index (χ4n) is 3.73. The third-order valence-electron chi connectivity index (χ3n) is 5.54. The summed E-state index contributed by atoms with van der Waals surface area (Å²) < 4.78 is 7.56.